The number of nitrogens with one attached hydrogen (secondary N) is 1. The van der Waals surface area contributed by atoms with Gasteiger partial charge in [-0.15, -0.1) is 0 Å². The minimum Gasteiger partial charge on any atom is -0.361 e. The lowest BCUT2D eigenvalue weighted by molar-refractivity contribution is 0.387. The standard InChI is InChI=1S/C22H23N3O.C18H14N2O/c1-23(2)14-15-24-12-10-18-8-9-20-19(21(18)24)11-13-25(22(20)26)16-17-6-4-3-5-7-17;21-18-16-7-6-14-8-10-19-17(14)15(16)9-11-20(18)12-13-4-2-1-3-5-13/h3-13H,14-16H2,1-2H3;1-11,19H,12H2. The molecular formula is C40H37N5O2. The van der Waals surface area contributed by atoms with E-state index in [1.165, 1.54) is 5.39 Å². The number of rotatable bonds is 7. The van der Waals surface area contributed by atoms with Crippen LogP contribution in [0.5, 0.6) is 0 Å². The predicted octanol–water partition coefficient (Wildman–Crippen LogP) is 7.10. The Balaban J connectivity index is 0.000000153. The molecular weight excluding hydrogens is 582 g/mol. The van der Waals surface area contributed by atoms with Gasteiger partial charge in [0, 0.05) is 70.2 Å². The van der Waals surface area contributed by atoms with E-state index in [2.05, 4.69) is 52.9 Å². The summed E-state index contributed by atoms with van der Waals surface area (Å²) in [6.45, 7) is 3.06. The average Bonchev–Trinajstić information content (AvgIpc) is 3.75. The highest BCUT2D eigenvalue weighted by Crippen LogP contribution is 2.25. The third-order valence-electron chi connectivity index (χ3n) is 8.74. The third kappa shape index (κ3) is 6.13. The van der Waals surface area contributed by atoms with Crippen molar-refractivity contribution in [2.45, 2.75) is 19.6 Å². The molecule has 0 atom stereocenters. The molecule has 7 heteroatoms. The second-order valence-electron chi connectivity index (χ2n) is 12.2. The number of aromatic amines is 1. The van der Waals surface area contributed by atoms with Gasteiger partial charge in [0.05, 0.1) is 24.1 Å². The average molecular weight is 620 g/mol. The van der Waals surface area contributed by atoms with Crippen molar-refractivity contribution in [2.75, 3.05) is 20.6 Å². The highest BCUT2D eigenvalue weighted by atomic mass is 16.1. The molecule has 4 heterocycles. The van der Waals surface area contributed by atoms with Crippen molar-refractivity contribution in [1.29, 1.82) is 0 Å². The topological polar surface area (TPSA) is 68.0 Å². The minimum atomic E-state index is 0.0489. The van der Waals surface area contributed by atoms with Crippen molar-refractivity contribution in [2.24, 2.45) is 0 Å². The van der Waals surface area contributed by atoms with Crippen LogP contribution in [0.25, 0.3) is 43.4 Å². The van der Waals surface area contributed by atoms with Gasteiger partial charge in [0.15, 0.2) is 0 Å². The molecule has 0 aliphatic heterocycles. The van der Waals surface area contributed by atoms with E-state index in [9.17, 15) is 9.59 Å². The molecule has 0 saturated carbocycles. The second-order valence-corrected chi connectivity index (χ2v) is 12.2. The second kappa shape index (κ2) is 13.0. The van der Waals surface area contributed by atoms with Crippen LogP contribution in [-0.2, 0) is 19.6 Å². The van der Waals surface area contributed by atoms with E-state index in [1.807, 2.05) is 110 Å². The Hall–Kier alpha value is -5.66. The van der Waals surface area contributed by atoms with Crippen molar-refractivity contribution in [1.82, 2.24) is 23.6 Å². The van der Waals surface area contributed by atoms with Gasteiger partial charge in [-0.05, 0) is 61.6 Å². The Morgan fingerprint density at radius 2 is 1.11 bits per heavy atom. The van der Waals surface area contributed by atoms with Gasteiger partial charge in [0.2, 0.25) is 0 Å². The molecule has 4 aromatic heterocycles. The van der Waals surface area contributed by atoms with Crippen molar-refractivity contribution in [3.63, 3.8) is 0 Å². The zero-order chi connectivity index (χ0) is 32.3. The fraction of sp³-hybridized carbons (Fsp3) is 0.150. The van der Waals surface area contributed by atoms with Crippen LogP contribution in [-0.4, -0.2) is 44.2 Å². The van der Waals surface area contributed by atoms with Gasteiger partial charge >= 0.3 is 0 Å². The lowest BCUT2D eigenvalue weighted by Crippen LogP contribution is -2.20. The predicted molar refractivity (Wildman–Crippen MR) is 193 cm³/mol. The smallest absolute Gasteiger partial charge is 0.258 e. The van der Waals surface area contributed by atoms with E-state index < -0.39 is 0 Å². The van der Waals surface area contributed by atoms with E-state index >= 15 is 0 Å². The van der Waals surface area contributed by atoms with Gasteiger partial charge in [-0.2, -0.15) is 0 Å². The molecule has 0 fully saturated rings. The van der Waals surface area contributed by atoms with Crippen LogP contribution in [0.2, 0.25) is 0 Å². The highest BCUT2D eigenvalue weighted by Gasteiger charge is 2.11. The van der Waals surface area contributed by atoms with Gasteiger partial charge in [0.1, 0.15) is 0 Å². The summed E-state index contributed by atoms with van der Waals surface area (Å²) < 4.78 is 5.79. The Kier molecular flexibility index (Phi) is 8.29. The molecule has 8 rings (SSSR count). The lowest BCUT2D eigenvalue weighted by atomic mass is 10.1. The molecule has 4 aromatic carbocycles. The van der Waals surface area contributed by atoms with Crippen LogP contribution in [0.4, 0.5) is 0 Å². The minimum absolute atomic E-state index is 0.0489. The Labute approximate surface area is 272 Å². The zero-order valence-electron chi connectivity index (χ0n) is 26.6. The van der Waals surface area contributed by atoms with Crippen LogP contribution in [0, 0.1) is 0 Å². The number of likely N-dealkylation sites (N-methyl/N-ethyl adjacent to an activating group) is 1. The quantitative estimate of drug-likeness (QED) is 0.207. The number of pyridine rings is 2. The van der Waals surface area contributed by atoms with Crippen LogP contribution >= 0.6 is 0 Å². The first kappa shape index (κ1) is 30.0. The Morgan fingerprint density at radius 3 is 1.72 bits per heavy atom. The molecule has 234 valence electrons. The fourth-order valence-corrected chi connectivity index (χ4v) is 6.27. The fourth-order valence-electron chi connectivity index (χ4n) is 6.27. The molecule has 0 unspecified atom stereocenters. The summed E-state index contributed by atoms with van der Waals surface area (Å²) in [7, 11) is 4.15. The summed E-state index contributed by atoms with van der Waals surface area (Å²) in [4.78, 5) is 31.0. The monoisotopic (exact) mass is 619 g/mol. The van der Waals surface area contributed by atoms with Crippen LogP contribution in [0.1, 0.15) is 11.1 Å². The molecule has 47 heavy (non-hydrogen) atoms. The number of H-pyrrole nitrogens is 1. The zero-order valence-corrected chi connectivity index (χ0v) is 26.6. The summed E-state index contributed by atoms with van der Waals surface area (Å²) in [5, 5.41) is 5.84. The summed E-state index contributed by atoms with van der Waals surface area (Å²) >= 11 is 0. The van der Waals surface area contributed by atoms with Crippen molar-refractivity contribution < 1.29 is 0 Å². The summed E-state index contributed by atoms with van der Waals surface area (Å²) in [6, 6.07) is 36.3. The van der Waals surface area contributed by atoms with Crippen molar-refractivity contribution in [3.8, 4) is 0 Å². The molecule has 7 nitrogen and oxygen atoms in total. The summed E-state index contributed by atoms with van der Waals surface area (Å²) in [5.41, 5.74) is 4.54. The van der Waals surface area contributed by atoms with Crippen molar-refractivity contribution >= 4 is 43.4 Å². The summed E-state index contributed by atoms with van der Waals surface area (Å²) in [6.07, 6.45) is 7.81. The summed E-state index contributed by atoms with van der Waals surface area (Å²) in [5.74, 6) is 0. The van der Waals surface area contributed by atoms with Crippen LogP contribution in [0.15, 0.2) is 144 Å². The maximum atomic E-state index is 13.0. The number of hydrogen-bond acceptors (Lipinski definition) is 3. The normalized spacial score (nSPS) is 11.5. The van der Waals surface area contributed by atoms with Crippen LogP contribution in [0.3, 0.4) is 0 Å². The first-order chi connectivity index (χ1) is 23.0. The third-order valence-corrected chi connectivity index (χ3v) is 8.74. The van der Waals surface area contributed by atoms with Gasteiger partial charge in [-0.3, -0.25) is 9.59 Å². The van der Waals surface area contributed by atoms with Gasteiger partial charge in [-0.1, -0.05) is 72.8 Å². The Morgan fingerprint density at radius 1 is 0.553 bits per heavy atom. The van der Waals surface area contributed by atoms with Gasteiger partial charge in [-0.25, -0.2) is 0 Å². The van der Waals surface area contributed by atoms with E-state index in [-0.39, 0.29) is 11.1 Å². The maximum absolute atomic E-state index is 13.0. The largest absolute Gasteiger partial charge is 0.361 e. The molecule has 0 bridgehead atoms. The molecule has 0 radical (unpaired) electrons. The lowest BCUT2D eigenvalue weighted by Gasteiger charge is -2.13. The maximum Gasteiger partial charge on any atom is 0.258 e. The number of aromatic nitrogens is 4. The molecule has 0 amide bonds. The first-order valence-corrected chi connectivity index (χ1v) is 15.9. The van der Waals surface area contributed by atoms with Crippen molar-refractivity contribution in [3.05, 3.63) is 166 Å². The number of benzene rings is 4. The van der Waals surface area contributed by atoms with E-state index in [0.29, 0.717) is 13.1 Å². The molecule has 0 aliphatic rings. The molecule has 0 saturated heterocycles. The SMILES string of the molecule is CN(C)CCn1ccc2ccc3c(=O)n(Cc4ccccc4)ccc3c21.O=c1c2ccc3cc[nH]c3c2ccn1Cc1ccccc1. The number of nitrogens with zero attached hydrogens (tertiary/aromatic N) is 4. The number of hydrogen-bond donors (Lipinski definition) is 1. The molecule has 8 aromatic rings. The van der Waals surface area contributed by atoms with E-state index in [4.69, 9.17) is 0 Å². The van der Waals surface area contributed by atoms with E-state index in [1.54, 1.807) is 9.13 Å². The molecule has 1 N–H and O–H groups in total. The molecule has 0 spiro atoms. The van der Waals surface area contributed by atoms with Gasteiger partial charge < -0.3 is 23.6 Å². The number of fused-ring (bicyclic) bond motifs is 6. The molecule has 0 aliphatic carbocycles. The Bertz CT molecular complexity index is 2430. The first-order valence-electron chi connectivity index (χ1n) is 15.9. The van der Waals surface area contributed by atoms with Crippen LogP contribution < -0.4 is 11.1 Å². The van der Waals surface area contributed by atoms with Gasteiger partial charge in [0.25, 0.3) is 11.1 Å². The van der Waals surface area contributed by atoms with E-state index in [0.717, 1.165) is 62.2 Å². The highest BCUT2D eigenvalue weighted by molar-refractivity contribution is 6.06.